The second kappa shape index (κ2) is 6.41. The first-order valence-corrected chi connectivity index (χ1v) is 7.17. The maximum atomic E-state index is 5.97. The molecule has 0 saturated heterocycles. The normalized spacial score (nSPS) is 10.9. The Hall–Kier alpha value is -2.33. The average molecular weight is 281 g/mol. The summed E-state index contributed by atoms with van der Waals surface area (Å²) in [5.74, 6) is 0.930. The lowest BCUT2D eigenvalue weighted by molar-refractivity contribution is 0.296. The van der Waals surface area contributed by atoms with Crippen LogP contribution in [-0.4, -0.2) is 22.7 Å². The number of nitrogens with two attached hydrogens (primary N) is 1. The van der Waals surface area contributed by atoms with Gasteiger partial charge in [0.05, 0.1) is 12.9 Å². The first-order chi connectivity index (χ1) is 10.4. The second-order valence-corrected chi connectivity index (χ2v) is 4.95. The number of hydrogen-bond donors (Lipinski definition) is 1. The van der Waals surface area contributed by atoms with Crippen molar-refractivity contribution in [3.63, 3.8) is 0 Å². The van der Waals surface area contributed by atoms with Crippen molar-refractivity contribution in [1.29, 1.82) is 0 Å². The topological polar surface area (TPSA) is 53.1 Å². The molecule has 0 aliphatic carbocycles. The van der Waals surface area contributed by atoms with Crippen LogP contribution in [-0.2, 0) is 13.0 Å². The summed E-state index contributed by atoms with van der Waals surface area (Å²) in [5, 5.41) is 2.45. The smallest absolute Gasteiger partial charge is 0.123 e. The van der Waals surface area contributed by atoms with Crippen LogP contribution in [0.1, 0.15) is 5.56 Å². The Balaban J connectivity index is 1.81. The SMILES string of the molecule is NCCc1c(OCCn2ccnc2)ccc2ccccc12. The Kier molecular flexibility index (Phi) is 4.17. The van der Waals surface area contributed by atoms with E-state index in [4.69, 9.17) is 10.5 Å². The molecule has 4 nitrogen and oxygen atoms in total. The zero-order valence-corrected chi connectivity index (χ0v) is 11.9. The summed E-state index contributed by atoms with van der Waals surface area (Å²) in [5.41, 5.74) is 6.95. The van der Waals surface area contributed by atoms with Crippen LogP contribution in [0.25, 0.3) is 10.8 Å². The second-order valence-electron chi connectivity index (χ2n) is 4.95. The molecule has 3 rings (SSSR count). The molecule has 0 unspecified atom stereocenters. The fraction of sp³-hybridized carbons (Fsp3) is 0.235. The summed E-state index contributed by atoms with van der Waals surface area (Å²) in [6, 6.07) is 12.5. The van der Waals surface area contributed by atoms with Gasteiger partial charge in [-0.05, 0) is 29.8 Å². The van der Waals surface area contributed by atoms with Crippen LogP contribution in [0.5, 0.6) is 5.75 Å². The highest BCUT2D eigenvalue weighted by atomic mass is 16.5. The monoisotopic (exact) mass is 281 g/mol. The minimum Gasteiger partial charge on any atom is -0.491 e. The molecule has 0 aliphatic rings. The molecule has 0 saturated carbocycles. The molecule has 2 aromatic carbocycles. The molecule has 108 valence electrons. The van der Waals surface area contributed by atoms with E-state index in [0.717, 1.165) is 18.7 Å². The van der Waals surface area contributed by atoms with Gasteiger partial charge in [0, 0.05) is 18.0 Å². The number of hydrogen-bond acceptors (Lipinski definition) is 3. The molecule has 0 atom stereocenters. The van der Waals surface area contributed by atoms with Crippen molar-refractivity contribution in [3.05, 3.63) is 60.7 Å². The van der Waals surface area contributed by atoms with Crippen LogP contribution in [0.3, 0.4) is 0 Å². The van der Waals surface area contributed by atoms with Gasteiger partial charge >= 0.3 is 0 Å². The van der Waals surface area contributed by atoms with E-state index in [1.54, 1.807) is 12.5 Å². The Morgan fingerprint density at radius 3 is 2.86 bits per heavy atom. The first kappa shape index (κ1) is 13.6. The molecule has 21 heavy (non-hydrogen) atoms. The van der Waals surface area contributed by atoms with Crippen molar-refractivity contribution in [2.24, 2.45) is 5.73 Å². The van der Waals surface area contributed by atoms with Crippen molar-refractivity contribution in [2.45, 2.75) is 13.0 Å². The highest BCUT2D eigenvalue weighted by Gasteiger charge is 2.08. The van der Waals surface area contributed by atoms with Gasteiger partial charge in [0.2, 0.25) is 0 Å². The third kappa shape index (κ3) is 3.06. The molecule has 0 fully saturated rings. The summed E-state index contributed by atoms with van der Waals surface area (Å²) in [6.45, 7) is 2.02. The van der Waals surface area contributed by atoms with Crippen molar-refractivity contribution in [1.82, 2.24) is 9.55 Å². The Morgan fingerprint density at radius 1 is 1.14 bits per heavy atom. The van der Waals surface area contributed by atoms with Crippen LogP contribution in [0.15, 0.2) is 55.1 Å². The predicted molar refractivity (Wildman–Crippen MR) is 84.4 cm³/mol. The van der Waals surface area contributed by atoms with Crippen LogP contribution in [0, 0.1) is 0 Å². The molecule has 1 heterocycles. The van der Waals surface area contributed by atoms with Gasteiger partial charge in [-0.25, -0.2) is 4.98 Å². The van der Waals surface area contributed by atoms with Crippen molar-refractivity contribution >= 4 is 10.8 Å². The Morgan fingerprint density at radius 2 is 2.05 bits per heavy atom. The number of ether oxygens (including phenoxy) is 1. The van der Waals surface area contributed by atoms with Gasteiger partial charge in [-0.1, -0.05) is 30.3 Å². The number of rotatable bonds is 6. The van der Waals surface area contributed by atoms with Gasteiger partial charge in [0.25, 0.3) is 0 Å². The summed E-state index contributed by atoms with van der Waals surface area (Å²) in [7, 11) is 0. The number of benzene rings is 2. The molecule has 0 bridgehead atoms. The van der Waals surface area contributed by atoms with E-state index in [-0.39, 0.29) is 0 Å². The standard InChI is InChI=1S/C17H19N3O/c18-8-7-16-15-4-2-1-3-14(15)5-6-17(16)21-12-11-20-10-9-19-13-20/h1-6,9-10,13H,7-8,11-12,18H2. The van der Waals surface area contributed by atoms with Crippen molar-refractivity contribution < 1.29 is 4.74 Å². The van der Waals surface area contributed by atoms with E-state index < -0.39 is 0 Å². The van der Waals surface area contributed by atoms with Gasteiger partial charge < -0.3 is 15.0 Å². The van der Waals surface area contributed by atoms with E-state index in [9.17, 15) is 0 Å². The molecule has 2 N–H and O–H groups in total. The van der Waals surface area contributed by atoms with Gasteiger partial charge in [-0.2, -0.15) is 0 Å². The predicted octanol–water partition coefficient (Wildman–Crippen LogP) is 2.62. The highest BCUT2D eigenvalue weighted by molar-refractivity contribution is 5.87. The number of fused-ring (bicyclic) bond motifs is 1. The summed E-state index contributed by atoms with van der Waals surface area (Å²) < 4.78 is 7.97. The molecular formula is C17H19N3O. The molecule has 0 aliphatic heterocycles. The lowest BCUT2D eigenvalue weighted by Gasteiger charge is -2.14. The zero-order chi connectivity index (χ0) is 14.5. The van der Waals surface area contributed by atoms with Crippen molar-refractivity contribution in [3.8, 4) is 5.75 Å². The summed E-state index contributed by atoms with van der Waals surface area (Å²) in [6.07, 6.45) is 6.33. The van der Waals surface area contributed by atoms with Gasteiger partial charge in [0.15, 0.2) is 0 Å². The van der Waals surface area contributed by atoms with E-state index >= 15 is 0 Å². The highest BCUT2D eigenvalue weighted by Crippen LogP contribution is 2.28. The van der Waals surface area contributed by atoms with E-state index in [1.807, 2.05) is 22.9 Å². The van der Waals surface area contributed by atoms with Gasteiger partial charge in [-0.3, -0.25) is 0 Å². The van der Waals surface area contributed by atoms with Crippen molar-refractivity contribution in [2.75, 3.05) is 13.2 Å². The van der Waals surface area contributed by atoms with Crippen LogP contribution in [0.2, 0.25) is 0 Å². The quantitative estimate of drug-likeness (QED) is 0.755. The third-order valence-corrected chi connectivity index (χ3v) is 3.56. The lowest BCUT2D eigenvalue weighted by atomic mass is 10.0. The minimum absolute atomic E-state index is 0.617. The van der Waals surface area contributed by atoms with Crippen LogP contribution >= 0.6 is 0 Å². The molecule has 4 heteroatoms. The zero-order valence-electron chi connectivity index (χ0n) is 11.9. The third-order valence-electron chi connectivity index (χ3n) is 3.56. The number of imidazole rings is 1. The van der Waals surface area contributed by atoms with E-state index in [0.29, 0.717) is 13.2 Å². The molecular weight excluding hydrogens is 262 g/mol. The lowest BCUT2D eigenvalue weighted by Crippen LogP contribution is -2.10. The molecule has 0 radical (unpaired) electrons. The van der Waals surface area contributed by atoms with Crippen LogP contribution in [0.4, 0.5) is 0 Å². The van der Waals surface area contributed by atoms with E-state index in [1.165, 1.54) is 16.3 Å². The number of aromatic nitrogens is 2. The molecule has 0 spiro atoms. The largest absolute Gasteiger partial charge is 0.491 e. The number of nitrogens with zero attached hydrogens (tertiary/aromatic N) is 2. The summed E-state index contributed by atoms with van der Waals surface area (Å²) >= 11 is 0. The first-order valence-electron chi connectivity index (χ1n) is 7.17. The van der Waals surface area contributed by atoms with Crippen LogP contribution < -0.4 is 10.5 Å². The Bertz CT molecular complexity index is 707. The fourth-order valence-electron chi connectivity index (χ4n) is 2.53. The Labute approximate surface area is 124 Å². The minimum atomic E-state index is 0.617. The maximum Gasteiger partial charge on any atom is 0.123 e. The molecule has 0 amide bonds. The fourth-order valence-corrected chi connectivity index (χ4v) is 2.53. The van der Waals surface area contributed by atoms with E-state index in [2.05, 4.69) is 29.2 Å². The van der Waals surface area contributed by atoms with Gasteiger partial charge in [0.1, 0.15) is 12.4 Å². The summed E-state index contributed by atoms with van der Waals surface area (Å²) in [4.78, 5) is 4.03. The van der Waals surface area contributed by atoms with Gasteiger partial charge in [-0.15, -0.1) is 0 Å². The average Bonchev–Trinajstić information content (AvgIpc) is 3.03. The maximum absolute atomic E-state index is 5.97. The molecule has 3 aromatic rings. The molecule has 1 aromatic heterocycles.